The summed E-state index contributed by atoms with van der Waals surface area (Å²) in [6.45, 7) is 0.901. The fourth-order valence-electron chi connectivity index (χ4n) is 1.89. The Hall–Kier alpha value is -1.55. The van der Waals surface area contributed by atoms with Crippen LogP contribution in [-0.4, -0.2) is 23.6 Å². The van der Waals surface area contributed by atoms with Crippen LogP contribution in [0.1, 0.15) is 19.3 Å². The summed E-state index contributed by atoms with van der Waals surface area (Å²) in [5, 5.41) is 15.2. The van der Waals surface area contributed by atoms with Crippen molar-refractivity contribution in [2.45, 2.75) is 25.3 Å². The second kappa shape index (κ2) is 4.99. The second-order valence-electron chi connectivity index (χ2n) is 4.04. The van der Waals surface area contributed by atoms with Gasteiger partial charge in [0.15, 0.2) is 0 Å². The minimum atomic E-state index is -0.101. The molecule has 3 N–H and O–H groups in total. The molecular formula is C12H16N2O2. The van der Waals surface area contributed by atoms with Crippen LogP contribution in [-0.2, 0) is 4.79 Å². The third kappa shape index (κ3) is 2.73. The smallest absolute Gasteiger partial charge is 0.241 e. The SMILES string of the molecule is O=C(Nc1cccc(O)c1)[C@H]1CCCCN1. The Morgan fingerprint density at radius 2 is 2.31 bits per heavy atom. The summed E-state index contributed by atoms with van der Waals surface area (Å²) in [5.74, 6) is 0.139. The Bertz CT molecular complexity index is 373. The van der Waals surface area contributed by atoms with Gasteiger partial charge in [0.2, 0.25) is 5.91 Å². The third-order valence-corrected chi connectivity index (χ3v) is 2.74. The minimum absolute atomic E-state index is 0.0229. The van der Waals surface area contributed by atoms with Gasteiger partial charge in [0, 0.05) is 11.8 Å². The molecule has 2 rings (SSSR count). The molecular weight excluding hydrogens is 204 g/mol. The zero-order valence-corrected chi connectivity index (χ0v) is 9.07. The first-order valence-electron chi connectivity index (χ1n) is 5.59. The van der Waals surface area contributed by atoms with Gasteiger partial charge in [-0.2, -0.15) is 0 Å². The van der Waals surface area contributed by atoms with Crippen molar-refractivity contribution in [3.8, 4) is 5.75 Å². The molecule has 4 heteroatoms. The number of carbonyl (C=O) groups excluding carboxylic acids is 1. The number of phenolic OH excluding ortho intramolecular Hbond substituents is 1. The molecule has 0 saturated carbocycles. The number of amides is 1. The van der Waals surface area contributed by atoms with Crippen molar-refractivity contribution in [1.82, 2.24) is 5.32 Å². The number of nitrogens with one attached hydrogen (secondary N) is 2. The summed E-state index contributed by atoms with van der Waals surface area (Å²) < 4.78 is 0. The predicted molar refractivity (Wildman–Crippen MR) is 62.4 cm³/mol. The minimum Gasteiger partial charge on any atom is -0.508 e. The van der Waals surface area contributed by atoms with Gasteiger partial charge in [-0.25, -0.2) is 0 Å². The quantitative estimate of drug-likeness (QED) is 0.707. The van der Waals surface area contributed by atoms with E-state index in [1.165, 1.54) is 0 Å². The zero-order valence-electron chi connectivity index (χ0n) is 9.07. The van der Waals surface area contributed by atoms with Crippen LogP contribution in [0.3, 0.4) is 0 Å². The fourth-order valence-corrected chi connectivity index (χ4v) is 1.89. The van der Waals surface area contributed by atoms with Gasteiger partial charge in [-0.15, -0.1) is 0 Å². The molecule has 1 fully saturated rings. The van der Waals surface area contributed by atoms with E-state index in [1.807, 2.05) is 0 Å². The number of rotatable bonds is 2. The molecule has 1 saturated heterocycles. The van der Waals surface area contributed by atoms with Gasteiger partial charge in [0.1, 0.15) is 5.75 Å². The van der Waals surface area contributed by atoms with Crippen LogP contribution in [0.15, 0.2) is 24.3 Å². The highest BCUT2D eigenvalue weighted by atomic mass is 16.3. The molecule has 1 aromatic rings. The van der Waals surface area contributed by atoms with Crippen LogP contribution in [0.25, 0.3) is 0 Å². The molecule has 0 aromatic heterocycles. The van der Waals surface area contributed by atoms with Gasteiger partial charge in [-0.05, 0) is 31.5 Å². The number of carbonyl (C=O) groups is 1. The number of benzene rings is 1. The summed E-state index contributed by atoms with van der Waals surface area (Å²) in [7, 11) is 0. The number of piperidine rings is 1. The van der Waals surface area contributed by atoms with E-state index < -0.39 is 0 Å². The van der Waals surface area contributed by atoms with E-state index in [4.69, 9.17) is 0 Å². The van der Waals surface area contributed by atoms with Crippen molar-refractivity contribution in [2.24, 2.45) is 0 Å². The monoisotopic (exact) mass is 220 g/mol. The van der Waals surface area contributed by atoms with Gasteiger partial charge in [-0.3, -0.25) is 4.79 Å². The highest BCUT2D eigenvalue weighted by molar-refractivity contribution is 5.95. The molecule has 16 heavy (non-hydrogen) atoms. The maximum absolute atomic E-state index is 11.8. The van der Waals surface area contributed by atoms with Crippen molar-refractivity contribution in [1.29, 1.82) is 0 Å². The average molecular weight is 220 g/mol. The van der Waals surface area contributed by atoms with Crippen LogP contribution in [0, 0.1) is 0 Å². The molecule has 1 atom stereocenters. The fraction of sp³-hybridized carbons (Fsp3) is 0.417. The predicted octanol–water partition coefficient (Wildman–Crippen LogP) is 1.47. The Labute approximate surface area is 94.7 Å². The van der Waals surface area contributed by atoms with Gasteiger partial charge < -0.3 is 15.7 Å². The molecule has 1 aliphatic rings. The lowest BCUT2D eigenvalue weighted by atomic mass is 10.0. The summed E-state index contributed by atoms with van der Waals surface area (Å²) in [4.78, 5) is 11.8. The Balaban J connectivity index is 1.96. The summed E-state index contributed by atoms with van der Waals surface area (Å²) in [6, 6.07) is 6.49. The summed E-state index contributed by atoms with van der Waals surface area (Å²) >= 11 is 0. The van der Waals surface area contributed by atoms with Crippen molar-refractivity contribution in [3.05, 3.63) is 24.3 Å². The molecule has 0 aliphatic carbocycles. The van der Waals surface area contributed by atoms with Crippen LogP contribution in [0.5, 0.6) is 5.75 Å². The third-order valence-electron chi connectivity index (χ3n) is 2.74. The zero-order chi connectivity index (χ0) is 11.4. The van der Waals surface area contributed by atoms with E-state index >= 15 is 0 Å². The lowest BCUT2D eigenvalue weighted by Gasteiger charge is -2.22. The molecule has 1 amide bonds. The van der Waals surface area contributed by atoms with Gasteiger partial charge >= 0.3 is 0 Å². The highest BCUT2D eigenvalue weighted by Gasteiger charge is 2.20. The normalized spacial score (nSPS) is 20.4. The molecule has 0 unspecified atom stereocenters. The van der Waals surface area contributed by atoms with Crippen molar-refractivity contribution < 1.29 is 9.90 Å². The number of anilines is 1. The van der Waals surface area contributed by atoms with E-state index in [2.05, 4.69) is 10.6 Å². The van der Waals surface area contributed by atoms with Crippen LogP contribution in [0.4, 0.5) is 5.69 Å². The molecule has 0 bridgehead atoms. The van der Waals surface area contributed by atoms with E-state index in [0.717, 1.165) is 25.8 Å². The Morgan fingerprint density at radius 3 is 3.00 bits per heavy atom. The Kier molecular flexibility index (Phi) is 3.41. The first-order chi connectivity index (χ1) is 7.75. The maximum Gasteiger partial charge on any atom is 0.241 e. The van der Waals surface area contributed by atoms with Gasteiger partial charge in [0.25, 0.3) is 0 Å². The maximum atomic E-state index is 11.8. The molecule has 1 aliphatic heterocycles. The molecule has 86 valence electrons. The number of phenols is 1. The highest BCUT2D eigenvalue weighted by Crippen LogP contribution is 2.16. The number of hydrogen-bond donors (Lipinski definition) is 3. The average Bonchev–Trinajstić information content (AvgIpc) is 2.30. The first kappa shape index (κ1) is 11.0. The first-order valence-corrected chi connectivity index (χ1v) is 5.59. The molecule has 4 nitrogen and oxygen atoms in total. The van der Waals surface area contributed by atoms with Crippen LogP contribution < -0.4 is 10.6 Å². The summed E-state index contributed by atoms with van der Waals surface area (Å²) in [5.41, 5.74) is 0.636. The van der Waals surface area contributed by atoms with Crippen LogP contribution in [0.2, 0.25) is 0 Å². The van der Waals surface area contributed by atoms with Crippen LogP contribution >= 0.6 is 0 Å². The van der Waals surface area contributed by atoms with Gasteiger partial charge in [0.05, 0.1) is 6.04 Å². The Morgan fingerprint density at radius 1 is 1.44 bits per heavy atom. The number of hydrogen-bond acceptors (Lipinski definition) is 3. The molecule has 0 spiro atoms. The molecule has 1 aromatic carbocycles. The van der Waals surface area contributed by atoms with Crippen molar-refractivity contribution in [2.75, 3.05) is 11.9 Å². The lowest BCUT2D eigenvalue weighted by molar-refractivity contribution is -0.118. The van der Waals surface area contributed by atoms with E-state index in [1.54, 1.807) is 24.3 Å². The largest absolute Gasteiger partial charge is 0.508 e. The number of aromatic hydroxyl groups is 1. The van der Waals surface area contributed by atoms with Crippen molar-refractivity contribution in [3.63, 3.8) is 0 Å². The van der Waals surface area contributed by atoms with E-state index in [9.17, 15) is 9.90 Å². The molecule has 1 heterocycles. The molecule has 0 radical (unpaired) electrons. The van der Waals surface area contributed by atoms with Crippen molar-refractivity contribution >= 4 is 11.6 Å². The topological polar surface area (TPSA) is 61.4 Å². The summed E-state index contributed by atoms with van der Waals surface area (Å²) in [6.07, 6.45) is 3.10. The lowest BCUT2D eigenvalue weighted by Crippen LogP contribution is -2.43. The second-order valence-corrected chi connectivity index (χ2v) is 4.04. The van der Waals surface area contributed by atoms with E-state index in [0.29, 0.717) is 5.69 Å². The van der Waals surface area contributed by atoms with Gasteiger partial charge in [-0.1, -0.05) is 12.5 Å². The standard InChI is InChI=1S/C12H16N2O2/c15-10-5-3-4-9(8-10)14-12(16)11-6-1-2-7-13-11/h3-5,8,11,13,15H,1-2,6-7H2,(H,14,16)/t11-/m1/s1. The van der Waals surface area contributed by atoms with E-state index in [-0.39, 0.29) is 17.7 Å².